The van der Waals surface area contributed by atoms with Gasteiger partial charge in [-0.15, -0.1) is 11.3 Å². The second-order valence-electron chi connectivity index (χ2n) is 5.90. The lowest BCUT2D eigenvalue weighted by Gasteiger charge is -2.10. The Bertz CT molecular complexity index is 1160. The van der Waals surface area contributed by atoms with E-state index >= 15 is 0 Å². The molecule has 0 spiro atoms. The summed E-state index contributed by atoms with van der Waals surface area (Å²) in [5.41, 5.74) is 1.08. The summed E-state index contributed by atoms with van der Waals surface area (Å²) in [4.78, 5) is 19.6. The van der Waals surface area contributed by atoms with Gasteiger partial charge in [-0.3, -0.25) is 4.79 Å². The fourth-order valence-electron chi connectivity index (χ4n) is 3.56. The van der Waals surface area contributed by atoms with Crippen molar-refractivity contribution in [1.82, 2.24) is 8.96 Å². The lowest BCUT2D eigenvalue weighted by atomic mass is 9.97. The van der Waals surface area contributed by atoms with E-state index in [2.05, 4.69) is 4.98 Å². The molecule has 0 amide bonds. The Labute approximate surface area is 136 Å². The van der Waals surface area contributed by atoms with Crippen LogP contribution in [0, 0.1) is 0 Å². The van der Waals surface area contributed by atoms with E-state index in [-0.39, 0.29) is 10.7 Å². The summed E-state index contributed by atoms with van der Waals surface area (Å²) >= 11 is 1.54. The van der Waals surface area contributed by atoms with Crippen LogP contribution in [0.2, 0.25) is 0 Å². The SMILES string of the molecule is O=c1c2c3c(sc2nc2n1S(=O)(=O)c1ccccc1-2)CCCC3. The van der Waals surface area contributed by atoms with Crippen molar-refractivity contribution < 1.29 is 8.42 Å². The lowest BCUT2D eigenvalue weighted by molar-refractivity contribution is 0.589. The number of fused-ring (bicyclic) bond motifs is 6. The van der Waals surface area contributed by atoms with E-state index in [0.29, 0.717) is 15.8 Å². The molecule has 7 heteroatoms. The summed E-state index contributed by atoms with van der Waals surface area (Å²) in [5.74, 6) is 0.247. The van der Waals surface area contributed by atoms with Gasteiger partial charge in [0.2, 0.25) is 0 Å². The predicted molar refractivity (Wildman–Crippen MR) is 88.5 cm³/mol. The van der Waals surface area contributed by atoms with Gasteiger partial charge in [-0.2, -0.15) is 3.97 Å². The van der Waals surface area contributed by atoms with Gasteiger partial charge in [0.15, 0.2) is 5.82 Å². The van der Waals surface area contributed by atoms with Crippen molar-refractivity contribution in [3.05, 3.63) is 45.1 Å². The Morgan fingerprint density at radius 2 is 1.91 bits per heavy atom. The zero-order chi connectivity index (χ0) is 15.8. The van der Waals surface area contributed by atoms with E-state index < -0.39 is 15.6 Å². The molecule has 2 aromatic heterocycles. The molecular formula is C16H12N2O3S2. The minimum absolute atomic E-state index is 0.163. The Hall–Kier alpha value is -1.99. The summed E-state index contributed by atoms with van der Waals surface area (Å²) < 4.78 is 26.4. The van der Waals surface area contributed by atoms with Crippen LogP contribution in [0.1, 0.15) is 23.3 Å². The highest BCUT2D eigenvalue weighted by molar-refractivity contribution is 7.90. The number of benzene rings is 1. The zero-order valence-electron chi connectivity index (χ0n) is 12.1. The van der Waals surface area contributed by atoms with Gasteiger partial charge in [0.05, 0.1) is 10.3 Å². The normalized spacial score (nSPS) is 17.7. The molecule has 5 nitrogen and oxygen atoms in total. The highest BCUT2D eigenvalue weighted by atomic mass is 32.2. The fourth-order valence-corrected chi connectivity index (χ4v) is 6.37. The monoisotopic (exact) mass is 344 g/mol. The number of rotatable bonds is 0. The minimum Gasteiger partial charge on any atom is -0.267 e. The van der Waals surface area contributed by atoms with Crippen LogP contribution >= 0.6 is 11.3 Å². The summed E-state index contributed by atoms with van der Waals surface area (Å²) in [6.07, 6.45) is 3.93. The van der Waals surface area contributed by atoms with Gasteiger partial charge in [-0.25, -0.2) is 13.4 Å². The molecule has 0 fully saturated rings. The average molecular weight is 344 g/mol. The average Bonchev–Trinajstić information content (AvgIpc) is 3.02. The maximum Gasteiger partial charge on any atom is 0.276 e. The molecule has 1 aliphatic heterocycles. The van der Waals surface area contributed by atoms with E-state index in [1.165, 1.54) is 22.3 Å². The Morgan fingerprint density at radius 1 is 1.13 bits per heavy atom. The van der Waals surface area contributed by atoms with Crippen LogP contribution in [0.15, 0.2) is 34.0 Å². The first-order chi connectivity index (χ1) is 11.1. The number of hydrogen-bond donors (Lipinski definition) is 0. The second kappa shape index (κ2) is 4.30. The summed E-state index contributed by atoms with van der Waals surface area (Å²) in [6, 6.07) is 6.66. The molecule has 2 aliphatic rings. The van der Waals surface area contributed by atoms with Gasteiger partial charge in [0.1, 0.15) is 4.83 Å². The van der Waals surface area contributed by atoms with Gasteiger partial charge >= 0.3 is 0 Å². The van der Waals surface area contributed by atoms with Crippen molar-refractivity contribution in [2.24, 2.45) is 0 Å². The van der Waals surface area contributed by atoms with Crippen molar-refractivity contribution in [2.75, 3.05) is 0 Å². The molecule has 23 heavy (non-hydrogen) atoms. The maximum atomic E-state index is 13.0. The van der Waals surface area contributed by atoms with Crippen molar-refractivity contribution in [3.8, 4) is 11.4 Å². The van der Waals surface area contributed by atoms with Crippen LogP contribution in [0.4, 0.5) is 0 Å². The van der Waals surface area contributed by atoms with Gasteiger partial charge in [-0.1, -0.05) is 12.1 Å². The van der Waals surface area contributed by atoms with Gasteiger partial charge in [0.25, 0.3) is 15.6 Å². The highest BCUT2D eigenvalue weighted by Crippen LogP contribution is 2.39. The molecule has 0 atom stereocenters. The molecule has 5 rings (SSSR count). The van der Waals surface area contributed by atoms with Crippen molar-refractivity contribution in [2.45, 2.75) is 30.6 Å². The molecule has 0 N–H and O–H groups in total. The summed E-state index contributed by atoms with van der Waals surface area (Å²) in [5, 5.41) is 0.504. The van der Waals surface area contributed by atoms with Gasteiger partial charge < -0.3 is 0 Å². The van der Waals surface area contributed by atoms with Crippen molar-refractivity contribution >= 4 is 31.6 Å². The first kappa shape index (κ1) is 13.4. The molecule has 0 bridgehead atoms. The molecule has 3 heterocycles. The maximum absolute atomic E-state index is 13.0. The number of aromatic nitrogens is 2. The van der Waals surface area contributed by atoms with Crippen molar-refractivity contribution in [1.29, 1.82) is 0 Å². The fraction of sp³-hybridized carbons (Fsp3) is 0.250. The Balaban J connectivity index is 1.98. The quantitative estimate of drug-likeness (QED) is 0.492. The highest BCUT2D eigenvalue weighted by Gasteiger charge is 2.36. The van der Waals surface area contributed by atoms with Crippen LogP contribution < -0.4 is 5.56 Å². The number of hydrogen-bond acceptors (Lipinski definition) is 5. The van der Waals surface area contributed by atoms with Crippen LogP contribution in [0.25, 0.3) is 21.6 Å². The van der Waals surface area contributed by atoms with Crippen LogP contribution in [0.5, 0.6) is 0 Å². The van der Waals surface area contributed by atoms with E-state index in [1.807, 2.05) is 0 Å². The van der Waals surface area contributed by atoms with E-state index in [9.17, 15) is 13.2 Å². The van der Waals surface area contributed by atoms with E-state index in [4.69, 9.17) is 0 Å². The van der Waals surface area contributed by atoms with Crippen LogP contribution in [0.3, 0.4) is 0 Å². The number of aryl methyl sites for hydroxylation is 2. The Morgan fingerprint density at radius 3 is 2.78 bits per heavy atom. The van der Waals surface area contributed by atoms with Crippen LogP contribution in [-0.4, -0.2) is 17.4 Å². The molecule has 0 saturated carbocycles. The smallest absolute Gasteiger partial charge is 0.267 e. The van der Waals surface area contributed by atoms with Crippen molar-refractivity contribution in [3.63, 3.8) is 0 Å². The van der Waals surface area contributed by atoms with Gasteiger partial charge in [0, 0.05) is 10.4 Å². The summed E-state index contributed by atoms with van der Waals surface area (Å²) in [6.45, 7) is 0. The van der Waals surface area contributed by atoms with Gasteiger partial charge in [-0.05, 0) is 43.4 Å². The molecule has 116 valence electrons. The van der Waals surface area contributed by atoms with E-state index in [0.717, 1.165) is 35.2 Å². The van der Waals surface area contributed by atoms with Crippen LogP contribution in [-0.2, 0) is 22.9 Å². The van der Waals surface area contributed by atoms with E-state index in [1.54, 1.807) is 18.2 Å². The Kier molecular flexibility index (Phi) is 2.51. The standard InChI is InChI=1S/C16H12N2O3S2/c19-16-13-9-5-1-3-7-11(9)22-15(13)17-14-10-6-2-4-8-12(10)23(20,21)18(14)16/h2,4,6,8H,1,3,5,7H2. The molecule has 0 radical (unpaired) electrons. The first-order valence-corrected chi connectivity index (χ1v) is 9.77. The summed E-state index contributed by atoms with van der Waals surface area (Å²) in [7, 11) is -3.85. The molecule has 1 aliphatic carbocycles. The predicted octanol–water partition coefficient (Wildman–Crippen LogP) is 2.55. The first-order valence-electron chi connectivity index (χ1n) is 7.51. The molecule has 1 aromatic carbocycles. The molecular weight excluding hydrogens is 332 g/mol. The minimum atomic E-state index is -3.85. The second-order valence-corrected chi connectivity index (χ2v) is 8.74. The third kappa shape index (κ3) is 1.58. The zero-order valence-corrected chi connectivity index (χ0v) is 13.7. The lowest BCUT2D eigenvalue weighted by Crippen LogP contribution is -2.26. The third-order valence-electron chi connectivity index (χ3n) is 4.60. The third-order valence-corrected chi connectivity index (χ3v) is 7.51. The largest absolute Gasteiger partial charge is 0.276 e. The molecule has 0 saturated heterocycles. The topological polar surface area (TPSA) is 69.0 Å². The molecule has 0 unspecified atom stereocenters. The number of nitrogens with zero attached hydrogens (tertiary/aromatic N) is 2. The molecule has 3 aromatic rings. The number of thiophene rings is 1.